The van der Waals surface area contributed by atoms with Gasteiger partial charge in [-0.25, -0.2) is 24.3 Å². The fourth-order valence-electron chi connectivity index (χ4n) is 3.31. The molecule has 5 atom stereocenters. The summed E-state index contributed by atoms with van der Waals surface area (Å²) in [6, 6.07) is 5.94. The van der Waals surface area contributed by atoms with E-state index in [1.54, 1.807) is 6.07 Å². The summed E-state index contributed by atoms with van der Waals surface area (Å²) in [6.45, 7) is -0.675. The number of aliphatic hydroxyl groups excluding tert-OH is 2. The van der Waals surface area contributed by atoms with Crippen LogP contribution in [0.4, 0.5) is 5.82 Å². The van der Waals surface area contributed by atoms with Gasteiger partial charge < -0.3 is 29.9 Å². The number of carbonyl (C=O) groups excluding carboxylic acids is 1. The van der Waals surface area contributed by atoms with Crippen molar-refractivity contribution in [3.8, 4) is 5.75 Å². The zero-order valence-corrected chi connectivity index (χ0v) is 18.0. The molecule has 5 N–H and O–H groups in total. The first-order valence-corrected chi connectivity index (χ1v) is 11.0. The largest absolute Gasteiger partial charge is 0.529 e. The van der Waals surface area contributed by atoms with Crippen molar-refractivity contribution in [1.82, 2.24) is 19.5 Å². The van der Waals surface area contributed by atoms with E-state index in [0.717, 1.165) is 0 Å². The number of hydrogen-bond donors (Lipinski definition) is 4. The van der Waals surface area contributed by atoms with Gasteiger partial charge in [0, 0.05) is 0 Å². The summed E-state index contributed by atoms with van der Waals surface area (Å²) in [5.41, 5.74) is 6.18. The molecule has 1 saturated heterocycles. The minimum Gasteiger partial charge on any atom is -0.496 e. The summed E-state index contributed by atoms with van der Waals surface area (Å²) in [6.07, 6.45) is -2.86. The first-order valence-electron chi connectivity index (χ1n) is 9.50. The second kappa shape index (κ2) is 9.02. The molecule has 0 radical (unpaired) electrons. The predicted molar refractivity (Wildman–Crippen MR) is 110 cm³/mol. The number of nitrogen functional groups attached to an aromatic ring is 1. The van der Waals surface area contributed by atoms with Crippen LogP contribution in [0.25, 0.3) is 11.2 Å². The van der Waals surface area contributed by atoms with Crippen molar-refractivity contribution in [3.05, 3.63) is 42.5 Å². The Hall–Kier alpha value is -3.13. The molecule has 3 aromatic rings. The van der Waals surface area contributed by atoms with E-state index in [4.69, 9.17) is 19.7 Å². The molecule has 0 spiro atoms. The molecule has 1 aliphatic rings. The lowest BCUT2D eigenvalue weighted by atomic mass is 10.1. The normalized spacial score (nSPS) is 24.5. The molecule has 1 aromatic carbocycles. The minimum absolute atomic E-state index is 0.0845. The first kappa shape index (κ1) is 23.0. The van der Waals surface area contributed by atoms with Crippen LogP contribution in [0, 0.1) is 0 Å². The highest BCUT2D eigenvalue weighted by Crippen LogP contribution is 2.45. The Morgan fingerprint density at radius 2 is 2.00 bits per heavy atom. The molecule has 0 amide bonds. The third kappa shape index (κ3) is 4.53. The number of nitrogens with two attached hydrogens (primary N) is 1. The van der Waals surface area contributed by atoms with E-state index in [9.17, 15) is 24.5 Å². The van der Waals surface area contributed by atoms with Crippen molar-refractivity contribution in [2.75, 3.05) is 19.5 Å². The maximum atomic E-state index is 12.3. The molecule has 33 heavy (non-hydrogen) atoms. The van der Waals surface area contributed by atoms with E-state index in [2.05, 4.69) is 19.5 Å². The topological polar surface area (TPSA) is 201 Å². The number of hydrogen-bond acceptors (Lipinski definition) is 12. The van der Waals surface area contributed by atoms with Crippen LogP contribution in [0.3, 0.4) is 0 Å². The summed E-state index contributed by atoms with van der Waals surface area (Å²) in [5, 5.41) is 20.8. The van der Waals surface area contributed by atoms with Gasteiger partial charge in [-0.15, -0.1) is 0 Å². The maximum absolute atomic E-state index is 12.3. The van der Waals surface area contributed by atoms with Crippen LogP contribution in [0.1, 0.15) is 16.6 Å². The molecule has 0 bridgehead atoms. The summed E-state index contributed by atoms with van der Waals surface area (Å²) < 4.78 is 33.6. The monoisotopic (exact) mass is 481 g/mol. The van der Waals surface area contributed by atoms with Crippen LogP contribution in [0.15, 0.2) is 36.9 Å². The maximum Gasteiger partial charge on any atom is 0.529 e. The van der Waals surface area contributed by atoms with Crippen LogP contribution in [0.5, 0.6) is 5.75 Å². The molecule has 1 fully saturated rings. The number of aromatic nitrogens is 4. The Labute approximate surface area is 186 Å². The Balaban J connectivity index is 1.43. The van der Waals surface area contributed by atoms with Gasteiger partial charge in [-0.2, -0.15) is 0 Å². The highest BCUT2D eigenvalue weighted by atomic mass is 31.2. The van der Waals surface area contributed by atoms with E-state index in [-0.39, 0.29) is 28.3 Å². The number of methoxy groups -OCH3 is 1. The first-order chi connectivity index (χ1) is 15.7. The highest BCUT2D eigenvalue weighted by molar-refractivity contribution is 7.48. The van der Waals surface area contributed by atoms with Gasteiger partial charge in [0.05, 0.1) is 20.0 Å². The lowest BCUT2D eigenvalue weighted by molar-refractivity contribution is -0.0508. The molecule has 15 heteroatoms. The van der Waals surface area contributed by atoms with Crippen molar-refractivity contribution in [1.29, 1.82) is 0 Å². The Kier molecular flexibility index (Phi) is 6.30. The Morgan fingerprint density at radius 3 is 2.76 bits per heavy atom. The zero-order valence-electron chi connectivity index (χ0n) is 17.1. The average molecular weight is 481 g/mol. The lowest BCUT2D eigenvalue weighted by Gasteiger charge is -2.17. The Bertz CT molecular complexity index is 1220. The van der Waals surface area contributed by atoms with Gasteiger partial charge in [-0.3, -0.25) is 14.0 Å². The third-order valence-corrected chi connectivity index (χ3v) is 5.80. The van der Waals surface area contributed by atoms with E-state index in [1.807, 2.05) is 0 Å². The van der Waals surface area contributed by atoms with Crippen LogP contribution >= 0.6 is 7.82 Å². The van der Waals surface area contributed by atoms with Gasteiger partial charge in [0.2, 0.25) is 0 Å². The number of phosphoric ester groups is 1. The second-order valence-corrected chi connectivity index (χ2v) is 8.35. The summed E-state index contributed by atoms with van der Waals surface area (Å²) in [7, 11) is -3.58. The number of fused-ring (bicyclic) bond motifs is 1. The number of aliphatic hydroxyl groups is 2. The molecule has 4 rings (SSSR count). The standard InChI is InChI=1S/C18H20N5O9P/c1-29-10-5-3-2-4-9(10)18(26)32-33(27,28)30-6-11-13(24)14(25)17(31-11)23-8-22-12-15(19)20-7-21-16(12)23/h2-5,7-8,11,13-14,17,24-25H,6H2,1H3,(H,27,28)(H2,19,20,21)/t11-,13-,14-,17-/m1/s1. The predicted octanol–water partition coefficient (Wildman–Crippen LogP) is 0.0103. The molecule has 1 aliphatic heterocycles. The van der Waals surface area contributed by atoms with Crippen LogP contribution in [-0.4, -0.2) is 72.6 Å². The zero-order chi connectivity index (χ0) is 23.8. The molecule has 0 aliphatic carbocycles. The highest BCUT2D eigenvalue weighted by Gasteiger charge is 2.45. The van der Waals surface area contributed by atoms with Crippen molar-refractivity contribution < 1.29 is 43.0 Å². The minimum atomic E-state index is -4.90. The van der Waals surface area contributed by atoms with Crippen molar-refractivity contribution >= 4 is 30.8 Å². The number of carbonyl (C=O) groups is 1. The van der Waals surface area contributed by atoms with Gasteiger partial charge in [0.15, 0.2) is 17.7 Å². The number of para-hydroxylation sites is 1. The molecule has 14 nitrogen and oxygen atoms in total. The SMILES string of the molecule is COc1ccccc1C(=O)OP(=O)(O)OC[C@H]1O[C@@H](n2cnc3c(N)ncnc32)[C@H](O)[C@@H]1O. The van der Waals surface area contributed by atoms with E-state index in [0.29, 0.717) is 0 Å². The molecule has 176 valence electrons. The molecular weight excluding hydrogens is 461 g/mol. The van der Waals surface area contributed by atoms with Gasteiger partial charge in [-0.1, -0.05) is 12.1 Å². The van der Waals surface area contributed by atoms with Gasteiger partial charge in [-0.05, 0) is 12.1 Å². The number of imidazole rings is 1. The van der Waals surface area contributed by atoms with E-state index >= 15 is 0 Å². The lowest BCUT2D eigenvalue weighted by Crippen LogP contribution is -2.33. The van der Waals surface area contributed by atoms with Crippen LogP contribution in [0.2, 0.25) is 0 Å². The van der Waals surface area contributed by atoms with Gasteiger partial charge >= 0.3 is 13.8 Å². The fraction of sp³-hybridized carbons (Fsp3) is 0.333. The molecule has 3 heterocycles. The van der Waals surface area contributed by atoms with Crippen LogP contribution in [-0.2, 0) is 18.3 Å². The third-order valence-electron chi connectivity index (χ3n) is 4.93. The van der Waals surface area contributed by atoms with Crippen molar-refractivity contribution in [2.24, 2.45) is 0 Å². The number of ether oxygens (including phenoxy) is 2. The smallest absolute Gasteiger partial charge is 0.496 e. The van der Waals surface area contributed by atoms with E-state index in [1.165, 1.54) is 42.5 Å². The quantitative estimate of drug-likeness (QED) is 0.329. The second-order valence-electron chi connectivity index (χ2n) is 6.97. The summed E-state index contributed by atoms with van der Waals surface area (Å²) in [4.78, 5) is 34.1. The molecule has 1 unspecified atom stereocenters. The molecule has 0 saturated carbocycles. The molecule has 2 aromatic heterocycles. The number of rotatable bonds is 7. The van der Waals surface area contributed by atoms with Crippen molar-refractivity contribution in [3.63, 3.8) is 0 Å². The summed E-state index contributed by atoms with van der Waals surface area (Å²) >= 11 is 0. The van der Waals surface area contributed by atoms with Crippen LogP contribution < -0.4 is 10.5 Å². The number of benzene rings is 1. The van der Waals surface area contributed by atoms with Crippen molar-refractivity contribution in [2.45, 2.75) is 24.5 Å². The number of nitrogens with zero attached hydrogens (tertiary/aromatic N) is 4. The van der Waals surface area contributed by atoms with Gasteiger partial charge in [0.1, 0.15) is 41.5 Å². The summed E-state index contributed by atoms with van der Waals surface area (Å²) in [5.74, 6) is -0.893. The number of anilines is 1. The average Bonchev–Trinajstić information content (AvgIpc) is 3.34. The fourth-order valence-corrected chi connectivity index (χ4v) is 4.01. The Morgan fingerprint density at radius 1 is 1.24 bits per heavy atom. The van der Waals surface area contributed by atoms with E-state index < -0.39 is 44.9 Å². The molecular formula is C18H20N5O9P. The van der Waals surface area contributed by atoms with Gasteiger partial charge in [0.25, 0.3) is 0 Å². The number of phosphoric acid groups is 1.